The second-order valence-corrected chi connectivity index (χ2v) is 5.82. The lowest BCUT2D eigenvalue weighted by molar-refractivity contribution is 0.339. The highest BCUT2D eigenvalue weighted by Crippen LogP contribution is 2.30. The van der Waals surface area contributed by atoms with Crippen LogP contribution < -0.4 is 0 Å². The lowest BCUT2D eigenvalue weighted by Crippen LogP contribution is -2.06. The van der Waals surface area contributed by atoms with Crippen molar-refractivity contribution in [1.29, 1.82) is 0 Å². The molecule has 0 aromatic heterocycles. The highest BCUT2D eigenvalue weighted by molar-refractivity contribution is 4.69. The zero-order chi connectivity index (χ0) is 11.1. The van der Waals surface area contributed by atoms with Crippen molar-refractivity contribution in [3.8, 4) is 0 Å². The smallest absolute Gasteiger partial charge is 0.0414 e. The summed E-state index contributed by atoms with van der Waals surface area (Å²) in [6, 6.07) is 0. The Bertz CT molecular complexity index is 136. The number of unbranched alkanes of at least 4 members (excludes halogenated alkanes) is 1. The van der Waals surface area contributed by atoms with Gasteiger partial charge in [-0.1, -0.05) is 78.6 Å². The molecule has 90 valence electrons. The minimum atomic E-state index is 0.968. The lowest BCUT2D eigenvalue weighted by atomic mass is 9.89. The van der Waals surface area contributed by atoms with Crippen LogP contribution >= 0.6 is 0 Å². The van der Waals surface area contributed by atoms with E-state index >= 15 is 0 Å². The fourth-order valence-electron chi connectivity index (χ4n) is 2.95. The molecule has 2 unspecified atom stereocenters. The molecular formula is C15H30. The summed E-state index contributed by atoms with van der Waals surface area (Å²) in [5, 5.41) is 0. The van der Waals surface area contributed by atoms with Crippen LogP contribution in [0.25, 0.3) is 0 Å². The largest absolute Gasteiger partial charge is 0.0654 e. The fourth-order valence-corrected chi connectivity index (χ4v) is 2.95. The van der Waals surface area contributed by atoms with Crippen molar-refractivity contribution < 1.29 is 0 Å². The summed E-state index contributed by atoms with van der Waals surface area (Å²) in [5.41, 5.74) is 0. The van der Waals surface area contributed by atoms with Crippen molar-refractivity contribution in [3.05, 3.63) is 0 Å². The van der Waals surface area contributed by atoms with Gasteiger partial charge in [0.05, 0.1) is 0 Å². The molecule has 0 aromatic carbocycles. The molecule has 0 nitrogen and oxygen atoms in total. The second kappa shape index (κ2) is 7.30. The van der Waals surface area contributed by atoms with Gasteiger partial charge in [0.2, 0.25) is 0 Å². The maximum absolute atomic E-state index is 2.46. The quantitative estimate of drug-likeness (QED) is 0.583. The molecule has 0 radical (unpaired) electrons. The average Bonchev–Trinajstić information content (AvgIpc) is 2.30. The Balaban J connectivity index is 2.31. The summed E-state index contributed by atoms with van der Waals surface area (Å²) in [5.74, 6) is 2.99. The van der Waals surface area contributed by atoms with Gasteiger partial charge in [-0.2, -0.15) is 0 Å². The fraction of sp³-hybridized carbons (Fsp3) is 1.00. The maximum atomic E-state index is 2.46. The number of rotatable bonds is 3. The first kappa shape index (κ1) is 13.1. The zero-order valence-corrected chi connectivity index (χ0v) is 11.1. The molecule has 1 fully saturated rings. The van der Waals surface area contributed by atoms with Crippen molar-refractivity contribution in [1.82, 2.24) is 0 Å². The first-order valence-electron chi connectivity index (χ1n) is 7.24. The highest BCUT2D eigenvalue weighted by atomic mass is 14.2. The van der Waals surface area contributed by atoms with E-state index < -0.39 is 0 Å². The van der Waals surface area contributed by atoms with Crippen LogP contribution in [0, 0.1) is 17.8 Å². The van der Waals surface area contributed by atoms with Crippen molar-refractivity contribution in [2.45, 2.75) is 78.6 Å². The van der Waals surface area contributed by atoms with Crippen LogP contribution in [0.5, 0.6) is 0 Å². The Hall–Kier alpha value is 0. The van der Waals surface area contributed by atoms with Crippen LogP contribution in [0.15, 0.2) is 0 Å². The van der Waals surface area contributed by atoms with E-state index in [1.807, 2.05) is 0 Å². The third-order valence-electron chi connectivity index (χ3n) is 4.48. The predicted molar refractivity (Wildman–Crippen MR) is 69.0 cm³/mol. The van der Waals surface area contributed by atoms with Gasteiger partial charge in [0.1, 0.15) is 0 Å². The van der Waals surface area contributed by atoms with Gasteiger partial charge in [-0.05, 0) is 17.8 Å². The Kier molecular flexibility index (Phi) is 6.36. The summed E-state index contributed by atoms with van der Waals surface area (Å²) in [7, 11) is 0. The van der Waals surface area contributed by atoms with Gasteiger partial charge >= 0.3 is 0 Å². The third-order valence-corrected chi connectivity index (χ3v) is 4.48. The van der Waals surface area contributed by atoms with E-state index in [0.29, 0.717) is 0 Å². The van der Waals surface area contributed by atoms with Crippen LogP contribution in [0.4, 0.5) is 0 Å². The van der Waals surface area contributed by atoms with Gasteiger partial charge in [-0.15, -0.1) is 0 Å². The summed E-state index contributed by atoms with van der Waals surface area (Å²) in [6.07, 6.45) is 13.3. The van der Waals surface area contributed by atoms with Gasteiger partial charge in [0.25, 0.3) is 0 Å². The van der Waals surface area contributed by atoms with E-state index in [9.17, 15) is 0 Å². The molecule has 1 aliphatic rings. The first-order chi connectivity index (χ1) is 7.24. The van der Waals surface area contributed by atoms with Crippen LogP contribution in [-0.4, -0.2) is 0 Å². The predicted octanol–water partition coefficient (Wildman–Crippen LogP) is 5.42. The van der Waals surface area contributed by atoms with E-state index in [0.717, 1.165) is 17.8 Å². The molecule has 0 aliphatic heterocycles. The molecule has 0 N–H and O–H groups in total. The monoisotopic (exact) mass is 210 g/mol. The van der Waals surface area contributed by atoms with Gasteiger partial charge in [0, 0.05) is 0 Å². The summed E-state index contributed by atoms with van der Waals surface area (Å²) in [4.78, 5) is 0. The molecule has 0 aromatic rings. The van der Waals surface area contributed by atoms with Crippen LogP contribution in [0.2, 0.25) is 0 Å². The minimum absolute atomic E-state index is 0.968. The molecule has 1 saturated carbocycles. The van der Waals surface area contributed by atoms with E-state index in [1.165, 1.54) is 57.8 Å². The molecular weight excluding hydrogens is 180 g/mol. The Labute approximate surface area is 96.8 Å². The van der Waals surface area contributed by atoms with E-state index in [2.05, 4.69) is 20.8 Å². The molecule has 0 heterocycles. The molecule has 1 aliphatic carbocycles. The zero-order valence-electron chi connectivity index (χ0n) is 11.1. The number of hydrogen-bond acceptors (Lipinski definition) is 0. The van der Waals surface area contributed by atoms with Gasteiger partial charge in [0.15, 0.2) is 0 Å². The Morgan fingerprint density at radius 1 is 0.867 bits per heavy atom. The third kappa shape index (κ3) is 5.04. The molecule has 0 saturated heterocycles. The molecule has 2 atom stereocenters. The summed E-state index contributed by atoms with van der Waals surface area (Å²) in [6.45, 7) is 7.23. The molecule has 0 spiro atoms. The van der Waals surface area contributed by atoms with Gasteiger partial charge in [-0.3, -0.25) is 0 Å². The average molecular weight is 210 g/mol. The van der Waals surface area contributed by atoms with Crippen LogP contribution in [0.3, 0.4) is 0 Å². The van der Waals surface area contributed by atoms with E-state index in [4.69, 9.17) is 0 Å². The van der Waals surface area contributed by atoms with Crippen LogP contribution in [-0.2, 0) is 0 Å². The van der Waals surface area contributed by atoms with Crippen LogP contribution in [0.1, 0.15) is 78.6 Å². The molecule has 0 amide bonds. The molecule has 0 heteroatoms. The van der Waals surface area contributed by atoms with Crippen molar-refractivity contribution >= 4 is 0 Å². The first-order valence-corrected chi connectivity index (χ1v) is 7.24. The Morgan fingerprint density at radius 2 is 1.40 bits per heavy atom. The summed E-state index contributed by atoms with van der Waals surface area (Å²) < 4.78 is 0. The van der Waals surface area contributed by atoms with Gasteiger partial charge in [-0.25, -0.2) is 0 Å². The SMILES string of the molecule is CCCCC1CCCC(C)C(C)CCC1. The normalized spacial score (nSPS) is 34.2. The lowest BCUT2D eigenvalue weighted by Gasteiger charge is -2.17. The van der Waals surface area contributed by atoms with Gasteiger partial charge < -0.3 is 0 Å². The van der Waals surface area contributed by atoms with E-state index in [1.54, 1.807) is 0 Å². The molecule has 1 rings (SSSR count). The van der Waals surface area contributed by atoms with E-state index in [-0.39, 0.29) is 0 Å². The standard InChI is InChI=1S/C15H30/c1-4-5-10-15-11-6-8-13(2)14(3)9-7-12-15/h13-15H,4-12H2,1-3H3. The maximum Gasteiger partial charge on any atom is -0.0414 e. The van der Waals surface area contributed by atoms with Crippen molar-refractivity contribution in [2.75, 3.05) is 0 Å². The number of hydrogen-bond donors (Lipinski definition) is 0. The summed E-state index contributed by atoms with van der Waals surface area (Å²) >= 11 is 0. The highest BCUT2D eigenvalue weighted by Gasteiger charge is 2.17. The molecule has 0 bridgehead atoms. The topological polar surface area (TPSA) is 0 Å². The minimum Gasteiger partial charge on any atom is -0.0654 e. The van der Waals surface area contributed by atoms with Crippen molar-refractivity contribution in [2.24, 2.45) is 17.8 Å². The second-order valence-electron chi connectivity index (χ2n) is 5.82. The Morgan fingerprint density at radius 3 is 1.87 bits per heavy atom. The van der Waals surface area contributed by atoms with Crippen molar-refractivity contribution in [3.63, 3.8) is 0 Å². The molecule has 15 heavy (non-hydrogen) atoms.